The number of nitrogens with zero attached hydrogens (tertiary/aromatic N) is 1. The number of esters is 1. The van der Waals surface area contributed by atoms with Gasteiger partial charge in [-0.2, -0.15) is 0 Å². The van der Waals surface area contributed by atoms with Gasteiger partial charge in [0, 0.05) is 24.8 Å². The predicted octanol–water partition coefficient (Wildman–Crippen LogP) is 2.68. The molecule has 1 N–H and O–H groups in total. The maximum atomic E-state index is 13.5. The predicted molar refractivity (Wildman–Crippen MR) is 98.7 cm³/mol. The summed E-state index contributed by atoms with van der Waals surface area (Å²) in [6.07, 6.45) is -0.195. The molecule has 2 amide bonds. The lowest BCUT2D eigenvalue weighted by Gasteiger charge is -2.20. The van der Waals surface area contributed by atoms with Crippen LogP contribution in [0.15, 0.2) is 48.5 Å². The van der Waals surface area contributed by atoms with Crippen molar-refractivity contribution in [1.82, 2.24) is 5.32 Å². The maximum Gasteiger partial charge on any atom is 0.308 e. The first kappa shape index (κ1) is 21.0. The number of rotatable bonds is 8. The Bertz CT molecular complexity index is 843. The quantitative estimate of drug-likeness (QED) is 0.704. The molecular formula is C20H20F2N2O4. The molecule has 2 aromatic carbocycles. The number of hydrogen-bond acceptors (Lipinski definition) is 4. The van der Waals surface area contributed by atoms with Gasteiger partial charge in [0.05, 0.1) is 12.0 Å². The zero-order valence-corrected chi connectivity index (χ0v) is 15.3. The number of hydrogen-bond donors (Lipinski definition) is 1. The molecule has 0 saturated carbocycles. The summed E-state index contributed by atoms with van der Waals surface area (Å²) in [6, 6.07) is 11.5. The molecule has 2 aromatic rings. The molecule has 0 aliphatic carbocycles. The third-order valence-corrected chi connectivity index (χ3v) is 3.83. The fourth-order valence-electron chi connectivity index (χ4n) is 2.45. The standard InChI is InChI=1S/C20H20F2N2O4/c1-2-24(15-6-4-3-5-7-15)18(25)13-28-19(26)10-11-23-20(27)16-9-8-14(21)12-17(16)22/h3-9,12H,2,10-11,13H2,1H3,(H,23,27). The summed E-state index contributed by atoms with van der Waals surface area (Å²) in [5.41, 5.74) is 0.367. The van der Waals surface area contributed by atoms with Gasteiger partial charge in [0.1, 0.15) is 11.6 Å². The minimum atomic E-state index is -0.994. The van der Waals surface area contributed by atoms with Crippen LogP contribution >= 0.6 is 0 Å². The first-order valence-corrected chi connectivity index (χ1v) is 8.66. The van der Waals surface area contributed by atoms with Crippen LogP contribution in [-0.2, 0) is 14.3 Å². The first-order valence-electron chi connectivity index (χ1n) is 8.66. The average molecular weight is 390 g/mol. The Morgan fingerprint density at radius 3 is 2.43 bits per heavy atom. The molecular weight excluding hydrogens is 370 g/mol. The molecule has 0 bridgehead atoms. The third-order valence-electron chi connectivity index (χ3n) is 3.83. The number of nitrogens with one attached hydrogen (secondary N) is 1. The minimum absolute atomic E-state index is 0.112. The highest BCUT2D eigenvalue weighted by atomic mass is 19.1. The van der Waals surface area contributed by atoms with Crippen LogP contribution in [0.1, 0.15) is 23.7 Å². The lowest BCUT2D eigenvalue weighted by Crippen LogP contribution is -2.35. The summed E-state index contributed by atoms with van der Waals surface area (Å²) in [4.78, 5) is 37.3. The van der Waals surface area contributed by atoms with E-state index in [1.54, 1.807) is 31.2 Å². The molecule has 0 radical (unpaired) electrons. The molecule has 0 fully saturated rings. The van der Waals surface area contributed by atoms with Crippen LogP contribution in [0.4, 0.5) is 14.5 Å². The van der Waals surface area contributed by atoms with E-state index in [9.17, 15) is 23.2 Å². The Labute approximate surface area is 161 Å². The second-order valence-electron chi connectivity index (χ2n) is 5.76. The Morgan fingerprint density at radius 1 is 1.07 bits per heavy atom. The van der Waals surface area contributed by atoms with Gasteiger partial charge in [0.25, 0.3) is 11.8 Å². The molecule has 28 heavy (non-hydrogen) atoms. The number of para-hydroxylation sites is 1. The smallest absolute Gasteiger partial charge is 0.308 e. The van der Waals surface area contributed by atoms with Gasteiger partial charge in [-0.3, -0.25) is 14.4 Å². The van der Waals surface area contributed by atoms with Gasteiger partial charge in [-0.1, -0.05) is 18.2 Å². The number of halogens is 2. The van der Waals surface area contributed by atoms with Crippen LogP contribution in [0.3, 0.4) is 0 Å². The molecule has 0 saturated heterocycles. The van der Waals surface area contributed by atoms with Crippen LogP contribution in [0.5, 0.6) is 0 Å². The summed E-state index contributed by atoms with van der Waals surface area (Å²) >= 11 is 0. The van der Waals surface area contributed by atoms with Crippen LogP contribution in [0, 0.1) is 11.6 Å². The van der Waals surface area contributed by atoms with Crippen molar-refractivity contribution >= 4 is 23.5 Å². The fraction of sp³-hybridized carbons (Fsp3) is 0.250. The number of amides is 2. The number of ether oxygens (including phenoxy) is 1. The molecule has 0 atom stereocenters. The Balaban J connectivity index is 1.76. The maximum absolute atomic E-state index is 13.5. The fourth-order valence-corrected chi connectivity index (χ4v) is 2.45. The summed E-state index contributed by atoms with van der Waals surface area (Å²) in [6.45, 7) is 1.68. The van der Waals surface area contributed by atoms with Crippen LogP contribution < -0.4 is 10.2 Å². The lowest BCUT2D eigenvalue weighted by atomic mass is 10.2. The number of anilines is 1. The Morgan fingerprint density at radius 2 is 1.79 bits per heavy atom. The molecule has 6 nitrogen and oxygen atoms in total. The van der Waals surface area contributed by atoms with Crippen LogP contribution in [-0.4, -0.2) is 37.5 Å². The monoisotopic (exact) mass is 390 g/mol. The normalized spacial score (nSPS) is 10.2. The van der Waals surface area contributed by atoms with E-state index in [0.717, 1.165) is 12.1 Å². The largest absolute Gasteiger partial charge is 0.455 e. The van der Waals surface area contributed by atoms with E-state index in [1.165, 1.54) is 4.90 Å². The van der Waals surface area contributed by atoms with Crippen molar-refractivity contribution in [3.63, 3.8) is 0 Å². The molecule has 0 aromatic heterocycles. The molecule has 8 heteroatoms. The lowest BCUT2D eigenvalue weighted by molar-refractivity contribution is -0.147. The van der Waals surface area contributed by atoms with Gasteiger partial charge in [0.2, 0.25) is 0 Å². The topological polar surface area (TPSA) is 75.7 Å². The average Bonchev–Trinajstić information content (AvgIpc) is 2.67. The van der Waals surface area contributed by atoms with Gasteiger partial charge in [0.15, 0.2) is 6.61 Å². The molecule has 148 valence electrons. The van der Waals surface area contributed by atoms with E-state index in [0.29, 0.717) is 18.3 Å². The van der Waals surface area contributed by atoms with Crippen molar-refractivity contribution in [1.29, 1.82) is 0 Å². The molecule has 0 heterocycles. The van der Waals surface area contributed by atoms with Crippen molar-refractivity contribution in [2.75, 3.05) is 24.6 Å². The summed E-state index contributed by atoms with van der Waals surface area (Å²) in [7, 11) is 0. The number of benzene rings is 2. The van der Waals surface area contributed by atoms with E-state index in [-0.39, 0.29) is 24.4 Å². The highest BCUT2D eigenvalue weighted by Gasteiger charge is 2.16. The van der Waals surface area contributed by atoms with E-state index in [2.05, 4.69) is 5.32 Å². The highest BCUT2D eigenvalue weighted by Crippen LogP contribution is 2.13. The number of likely N-dealkylation sites (N-methyl/N-ethyl adjacent to an activating group) is 1. The van der Waals surface area contributed by atoms with Gasteiger partial charge >= 0.3 is 5.97 Å². The van der Waals surface area contributed by atoms with Crippen molar-refractivity contribution in [3.05, 3.63) is 65.7 Å². The van der Waals surface area contributed by atoms with Gasteiger partial charge in [-0.25, -0.2) is 8.78 Å². The second kappa shape index (κ2) is 10.1. The zero-order chi connectivity index (χ0) is 20.5. The molecule has 0 unspecified atom stereocenters. The summed E-state index contributed by atoms with van der Waals surface area (Å²) in [5, 5.41) is 2.34. The summed E-state index contributed by atoms with van der Waals surface area (Å²) in [5.74, 6) is -3.62. The minimum Gasteiger partial charge on any atom is -0.455 e. The van der Waals surface area contributed by atoms with Gasteiger partial charge in [-0.05, 0) is 31.2 Å². The SMILES string of the molecule is CCN(C(=O)COC(=O)CCNC(=O)c1ccc(F)cc1F)c1ccccc1. The highest BCUT2D eigenvalue weighted by molar-refractivity contribution is 5.95. The second-order valence-corrected chi connectivity index (χ2v) is 5.76. The Hall–Kier alpha value is -3.29. The van der Waals surface area contributed by atoms with E-state index in [4.69, 9.17) is 4.74 Å². The van der Waals surface area contributed by atoms with E-state index >= 15 is 0 Å². The number of carbonyl (C=O) groups is 3. The molecule has 0 aliphatic heterocycles. The number of carbonyl (C=O) groups excluding carboxylic acids is 3. The molecule has 0 spiro atoms. The van der Waals surface area contributed by atoms with Crippen LogP contribution in [0.25, 0.3) is 0 Å². The molecule has 2 rings (SSSR count). The van der Waals surface area contributed by atoms with Crippen molar-refractivity contribution in [2.45, 2.75) is 13.3 Å². The van der Waals surface area contributed by atoms with E-state index < -0.39 is 30.1 Å². The molecule has 0 aliphatic rings. The zero-order valence-electron chi connectivity index (χ0n) is 15.3. The first-order chi connectivity index (χ1) is 13.4. The van der Waals surface area contributed by atoms with E-state index in [1.807, 2.05) is 6.07 Å². The van der Waals surface area contributed by atoms with Crippen LogP contribution in [0.2, 0.25) is 0 Å². The van der Waals surface area contributed by atoms with Crippen molar-refractivity contribution in [3.8, 4) is 0 Å². The third kappa shape index (κ3) is 5.87. The van der Waals surface area contributed by atoms with Gasteiger partial charge < -0.3 is 15.0 Å². The van der Waals surface area contributed by atoms with Crippen molar-refractivity contribution in [2.24, 2.45) is 0 Å². The summed E-state index contributed by atoms with van der Waals surface area (Å²) < 4.78 is 31.3. The Kier molecular flexibility index (Phi) is 7.62. The van der Waals surface area contributed by atoms with Crippen molar-refractivity contribution < 1.29 is 27.9 Å². The van der Waals surface area contributed by atoms with Gasteiger partial charge in [-0.15, -0.1) is 0 Å².